The lowest BCUT2D eigenvalue weighted by Gasteiger charge is -2.11. The van der Waals surface area contributed by atoms with Crippen LogP contribution in [0.5, 0.6) is 5.75 Å². The first-order valence-corrected chi connectivity index (χ1v) is 10.1. The van der Waals surface area contributed by atoms with Crippen molar-refractivity contribution in [2.45, 2.75) is 38.7 Å². The molecule has 12 heteroatoms. The van der Waals surface area contributed by atoms with E-state index in [0.717, 1.165) is 22.2 Å². The van der Waals surface area contributed by atoms with Gasteiger partial charge in [-0.2, -0.15) is 27.8 Å². The summed E-state index contributed by atoms with van der Waals surface area (Å²) in [6.07, 6.45) is 6.63. The van der Waals surface area contributed by atoms with Crippen LogP contribution in [0.3, 0.4) is 0 Å². The van der Waals surface area contributed by atoms with Crippen molar-refractivity contribution < 1.29 is 27.1 Å². The van der Waals surface area contributed by atoms with Gasteiger partial charge in [0.25, 0.3) is 5.92 Å². The molecule has 0 unspecified atom stereocenters. The Hall–Kier alpha value is -2.95. The molecule has 0 radical (unpaired) electrons. The number of rotatable bonds is 8. The van der Waals surface area contributed by atoms with Crippen LogP contribution >= 0.6 is 11.6 Å². The lowest BCUT2D eigenvalue weighted by molar-refractivity contribution is -0.0565. The smallest absolute Gasteiger partial charge is 0.387 e. The highest BCUT2D eigenvalue weighted by atomic mass is 35.5. The number of ketones is 1. The standard InChI is InChI=1S/C20H18ClF4N5O2/c1-20(24,25)16-15(32-19(22)23)18(29(2)28-16)30-9-12(8-27-30)11-6-13(17(21)26-7-11)14(31)5-10-3-4-10/h6-10,19H,3-5H2,1-2H3. The van der Waals surface area contributed by atoms with Gasteiger partial charge in [-0.05, 0) is 24.8 Å². The Morgan fingerprint density at radius 2 is 2.03 bits per heavy atom. The van der Waals surface area contributed by atoms with Gasteiger partial charge in [0, 0.05) is 43.9 Å². The molecule has 1 fully saturated rings. The molecule has 0 atom stereocenters. The van der Waals surface area contributed by atoms with E-state index in [1.54, 1.807) is 6.07 Å². The second kappa shape index (κ2) is 8.19. The zero-order chi connectivity index (χ0) is 23.2. The number of nitrogens with zero attached hydrogens (tertiary/aromatic N) is 5. The fraction of sp³-hybridized carbons (Fsp3) is 0.400. The van der Waals surface area contributed by atoms with Crippen LogP contribution in [0.15, 0.2) is 24.7 Å². The third-order valence-corrected chi connectivity index (χ3v) is 5.34. The lowest BCUT2D eigenvalue weighted by Crippen LogP contribution is -2.13. The number of hydrogen-bond donors (Lipinski definition) is 0. The Labute approximate surface area is 184 Å². The maximum Gasteiger partial charge on any atom is 0.387 e. The van der Waals surface area contributed by atoms with Gasteiger partial charge in [0.2, 0.25) is 0 Å². The topological polar surface area (TPSA) is 74.8 Å². The molecule has 0 spiro atoms. The summed E-state index contributed by atoms with van der Waals surface area (Å²) in [5.41, 5.74) is 0.301. The highest BCUT2D eigenvalue weighted by molar-refractivity contribution is 6.32. The second-order valence-electron chi connectivity index (χ2n) is 7.70. The molecule has 3 aromatic heterocycles. The molecule has 3 heterocycles. The third kappa shape index (κ3) is 4.47. The molecule has 4 rings (SSSR count). The van der Waals surface area contributed by atoms with Gasteiger partial charge in [0.05, 0.1) is 11.8 Å². The summed E-state index contributed by atoms with van der Waals surface area (Å²) >= 11 is 6.10. The number of pyridine rings is 1. The monoisotopic (exact) mass is 471 g/mol. The van der Waals surface area contributed by atoms with E-state index in [0.29, 0.717) is 30.4 Å². The van der Waals surface area contributed by atoms with E-state index in [9.17, 15) is 22.4 Å². The maximum absolute atomic E-state index is 13.9. The van der Waals surface area contributed by atoms with E-state index in [4.69, 9.17) is 11.6 Å². The van der Waals surface area contributed by atoms with Gasteiger partial charge in [-0.1, -0.05) is 11.6 Å². The number of carbonyl (C=O) groups excluding carboxylic acids is 1. The predicted octanol–water partition coefficient (Wildman–Crippen LogP) is 5.02. The van der Waals surface area contributed by atoms with Crippen LogP contribution in [0.2, 0.25) is 5.15 Å². The van der Waals surface area contributed by atoms with Gasteiger partial charge < -0.3 is 4.74 Å². The molecule has 0 saturated heterocycles. The summed E-state index contributed by atoms with van der Waals surface area (Å²) in [4.78, 5) is 16.6. The van der Waals surface area contributed by atoms with E-state index in [-0.39, 0.29) is 22.3 Å². The average Bonchev–Trinajstić information content (AvgIpc) is 3.26. The van der Waals surface area contributed by atoms with Gasteiger partial charge in [-0.15, -0.1) is 0 Å². The van der Waals surface area contributed by atoms with Crippen LogP contribution in [0, 0.1) is 5.92 Å². The first-order chi connectivity index (χ1) is 15.0. The highest BCUT2D eigenvalue weighted by Gasteiger charge is 2.37. The Kier molecular flexibility index (Phi) is 5.70. The summed E-state index contributed by atoms with van der Waals surface area (Å²) in [5.74, 6) is -4.26. The van der Waals surface area contributed by atoms with Gasteiger partial charge >= 0.3 is 6.61 Å². The lowest BCUT2D eigenvalue weighted by atomic mass is 10.0. The first-order valence-electron chi connectivity index (χ1n) is 9.69. The number of aryl methyl sites for hydroxylation is 1. The SMILES string of the molecule is Cn1nc(C(C)(F)F)c(OC(F)F)c1-n1cc(-c2cnc(Cl)c(C(=O)CC3CC3)c2)cn1. The molecular weight excluding hydrogens is 454 g/mol. The molecular formula is C20H18ClF4N5O2. The van der Waals surface area contributed by atoms with E-state index in [1.807, 2.05) is 0 Å². The summed E-state index contributed by atoms with van der Waals surface area (Å²) in [6, 6.07) is 1.58. The number of ether oxygens (including phenoxy) is 1. The molecule has 3 aromatic rings. The van der Waals surface area contributed by atoms with Gasteiger partial charge in [0.1, 0.15) is 5.15 Å². The molecule has 32 heavy (non-hydrogen) atoms. The molecule has 1 aliphatic rings. The van der Waals surface area contributed by atoms with Crippen molar-refractivity contribution in [3.8, 4) is 22.7 Å². The van der Waals surface area contributed by atoms with Crippen LogP contribution in [0.25, 0.3) is 16.9 Å². The molecule has 0 aromatic carbocycles. The summed E-state index contributed by atoms with van der Waals surface area (Å²) in [5, 5.41) is 7.82. The Morgan fingerprint density at radius 1 is 1.31 bits per heavy atom. The number of carbonyl (C=O) groups is 1. The second-order valence-corrected chi connectivity index (χ2v) is 8.06. The van der Waals surface area contributed by atoms with E-state index in [1.165, 1.54) is 25.6 Å². The minimum atomic E-state index is -3.52. The van der Waals surface area contributed by atoms with Crippen LogP contribution in [-0.2, 0) is 13.0 Å². The molecule has 1 aliphatic carbocycles. The number of halogens is 5. The normalized spacial score (nSPS) is 14.2. The van der Waals surface area contributed by atoms with E-state index < -0.39 is 24.0 Å². The van der Waals surface area contributed by atoms with Crippen LogP contribution < -0.4 is 4.74 Å². The Bertz CT molecular complexity index is 1170. The van der Waals surface area contributed by atoms with Gasteiger partial charge in [0.15, 0.2) is 23.0 Å². The zero-order valence-corrected chi connectivity index (χ0v) is 17.8. The molecule has 0 amide bonds. The molecule has 7 nitrogen and oxygen atoms in total. The molecule has 0 aliphatic heterocycles. The summed E-state index contributed by atoms with van der Waals surface area (Å²) in [7, 11) is 1.31. The molecule has 1 saturated carbocycles. The van der Waals surface area contributed by atoms with Crippen molar-refractivity contribution in [1.29, 1.82) is 0 Å². The van der Waals surface area contributed by atoms with Crippen LogP contribution in [0.4, 0.5) is 17.6 Å². The first kappa shape index (κ1) is 22.3. The quantitative estimate of drug-likeness (QED) is 0.262. The molecule has 0 N–H and O–H groups in total. The number of aromatic nitrogens is 5. The Morgan fingerprint density at radius 3 is 2.66 bits per heavy atom. The van der Waals surface area contributed by atoms with Gasteiger partial charge in [-0.25, -0.2) is 14.3 Å². The van der Waals surface area contributed by atoms with E-state index in [2.05, 4.69) is 19.9 Å². The molecule has 170 valence electrons. The predicted molar refractivity (Wildman–Crippen MR) is 106 cm³/mol. The van der Waals surface area contributed by atoms with Crippen molar-refractivity contribution in [3.63, 3.8) is 0 Å². The van der Waals surface area contributed by atoms with Crippen molar-refractivity contribution in [1.82, 2.24) is 24.5 Å². The zero-order valence-electron chi connectivity index (χ0n) is 17.0. The fourth-order valence-corrected chi connectivity index (χ4v) is 3.52. The number of alkyl halides is 4. The largest absolute Gasteiger partial charge is 0.428 e. The fourth-order valence-electron chi connectivity index (χ4n) is 3.32. The third-order valence-electron chi connectivity index (χ3n) is 5.04. The van der Waals surface area contributed by atoms with Crippen LogP contribution in [-0.4, -0.2) is 36.9 Å². The number of hydrogen-bond acceptors (Lipinski definition) is 5. The number of Topliss-reactive ketones (excluding diaryl/α,β-unsaturated/α-hetero) is 1. The van der Waals surface area contributed by atoms with Crippen molar-refractivity contribution >= 4 is 17.4 Å². The minimum absolute atomic E-state index is 0.0841. The van der Waals surface area contributed by atoms with Crippen LogP contribution in [0.1, 0.15) is 42.2 Å². The van der Waals surface area contributed by atoms with Crippen molar-refractivity contribution in [3.05, 3.63) is 41.1 Å². The highest BCUT2D eigenvalue weighted by Crippen LogP contribution is 2.39. The molecule has 0 bridgehead atoms. The van der Waals surface area contributed by atoms with Crippen molar-refractivity contribution in [2.75, 3.05) is 0 Å². The Balaban J connectivity index is 1.72. The van der Waals surface area contributed by atoms with E-state index >= 15 is 0 Å². The van der Waals surface area contributed by atoms with Crippen molar-refractivity contribution in [2.24, 2.45) is 13.0 Å². The minimum Gasteiger partial charge on any atom is -0.428 e. The summed E-state index contributed by atoms with van der Waals surface area (Å²) in [6.45, 7) is -2.81. The average molecular weight is 472 g/mol. The summed E-state index contributed by atoms with van der Waals surface area (Å²) < 4.78 is 60.1. The maximum atomic E-state index is 13.9. The van der Waals surface area contributed by atoms with Gasteiger partial charge in [-0.3, -0.25) is 4.79 Å².